The number of cyclic esters (lactones) is 1. The van der Waals surface area contributed by atoms with E-state index in [1.807, 2.05) is 12.1 Å². The first kappa shape index (κ1) is 23.0. The minimum Gasteiger partial charge on any atom is -0.495 e. The van der Waals surface area contributed by atoms with Crippen molar-refractivity contribution in [3.63, 3.8) is 0 Å². The van der Waals surface area contributed by atoms with Crippen LogP contribution in [0.2, 0.25) is 0 Å². The molecule has 35 heavy (non-hydrogen) atoms. The zero-order chi connectivity index (χ0) is 24.7. The molecule has 1 saturated heterocycles. The third kappa shape index (κ3) is 4.36. The van der Waals surface area contributed by atoms with Gasteiger partial charge in [0.05, 0.1) is 30.8 Å². The Morgan fingerprint density at radius 2 is 2.17 bits per heavy atom. The molecule has 2 aliphatic heterocycles. The first-order valence-electron chi connectivity index (χ1n) is 11.4. The maximum absolute atomic E-state index is 11.9. The summed E-state index contributed by atoms with van der Waals surface area (Å²) in [4.78, 5) is 20.0. The van der Waals surface area contributed by atoms with Crippen LogP contribution in [-0.4, -0.2) is 56.6 Å². The fourth-order valence-corrected chi connectivity index (χ4v) is 4.98. The Balaban J connectivity index is 1.36. The van der Waals surface area contributed by atoms with E-state index >= 15 is 0 Å². The largest absolute Gasteiger partial charge is 0.495 e. The molecule has 3 aromatic rings. The number of methoxy groups -OCH3 is 1. The molecule has 0 amide bonds. The minimum absolute atomic E-state index is 0.0965. The molecule has 10 heteroatoms. The Bertz CT molecular complexity index is 1340. The topological polar surface area (TPSA) is 118 Å². The van der Waals surface area contributed by atoms with Crippen molar-refractivity contribution in [3.8, 4) is 17.6 Å². The van der Waals surface area contributed by atoms with Crippen molar-refractivity contribution in [2.75, 3.05) is 20.2 Å². The normalized spacial score (nSPS) is 19.2. The molecule has 1 N–H and O–H groups in total. The molecule has 180 valence electrons. The lowest BCUT2D eigenvalue weighted by Gasteiger charge is -2.44. The number of nitrogens with one attached hydrogen (secondary N) is 1. The van der Waals surface area contributed by atoms with Crippen LogP contribution in [0, 0.1) is 18.3 Å². The average Bonchev–Trinajstić information content (AvgIpc) is 3.45. The number of hydrogen-bond donors (Lipinski definition) is 1. The molecule has 1 fully saturated rings. The van der Waals surface area contributed by atoms with E-state index < -0.39 is 0 Å². The third-order valence-electron chi connectivity index (χ3n) is 6.53. The average molecular weight is 474 g/mol. The van der Waals surface area contributed by atoms with Gasteiger partial charge >= 0.3 is 5.97 Å². The van der Waals surface area contributed by atoms with Gasteiger partial charge in [0.25, 0.3) is 0 Å². The number of ether oxygens (including phenoxy) is 2. The third-order valence-corrected chi connectivity index (χ3v) is 6.53. The Morgan fingerprint density at radius 1 is 1.34 bits per heavy atom. The SMILES string of the molecule is COc1cc(-n2ncc(CN3CC(c4ccc5c(c4C)COC5=O)NC(C)(C)C3)n2)ncc1C#N. The quantitative estimate of drug-likeness (QED) is 0.557. The Kier molecular flexibility index (Phi) is 5.75. The van der Waals surface area contributed by atoms with Crippen LogP contribution in [0.3, 0.4) is 0 Å². The van der Waals surface area contributed by atoms with Crippen LogP contribution < -0.4 is 10.1 Å². The van der Waals surface area contributed by atoms with Gasteiger partial charge in [-0.05, 0) is 38.0 Å². The number of rotatable bonds is 5. The predicted molar refractivity (Wildman–Crippen MR) is 126 cm³/mol. The summed E-state index contributed by atoms with van der Waals surface area (Å²) >= 11 is 0. The molecule has 10 nitrogen and oxygen atoms in total. The summed E-state index contributed by atoms with van der Waals surface area (Å²) in [6.07, 6.45) is 3.19. The molecule has 5 rings (SSSR count). The lowest BCUT2D eigenvalue weighted by Crippen LogP contribution is -2.58. The van der Waals surface area contributed by atoms with Crippen molar-refractivity contribution >= 4 is 5.97 Å². The summed E-state index contributed by atoms with van der Waals surface area (Å²) in [5.74, 6) is 0.668. The van der Waals surface area contributed by atoms with Crippen LogP contribution in [0.15, 0.2) is 30.6 Å². The molecule has 2 aromatic heterocycles. The van der Waals surface area contributed by atoms with Gasteiger partial charge in [0.2, 0.25) is 0 Å². The summed E-state index contributed by atoms with van der Waals surface area (Å²) in [6.45, 7) is 9.02. The summed E-state index contributed by atoms with van der Waals surface area (Å²) < 4.78 is 10.5. The zero-order valence-electron chi connectivity index (χ0n) is 20.2. The van der Waals surface area contributed by atoms with Crippen molar-refractivity contribution in [2.45, 2.75) is 45.5 Å². The fourth-order valence-electron chi connectivity index (χ4n) is 4.98. The highest BCUT2D eigenvalue weighted by atomic mass is 16.5. The van der Waals surface area contributed by atoms with Crippen molar-refractivity contribution in [2.24, 2.45) is 0 Å². The smallest absolute Gasteiger partial charge is 0.338 e. The maximum Gasteiger partial charge on any atom is 0.338 e. The van der Waals surface area contributed by atoms with Gasteiger partial charge in [0.15, 0.2) is 5.82 Å². The second-order valence-electron chi connectivity index (χ2n) is 9.61. The molecule has 4 heterocycles. The van der Waals surface area contributed by atoms with Gasteiger partial charge < -0.3 is 14.8 Å². The number of piperazine rings is 1. The molecule has 0 radical (unpaired) electrons. The molecular weight excluding hydrogens is 446 g/mol. The van der Waals surface area contributed by atoms with E-state index in [0.29, 0.717) is 35.8 Å². The molecule has 2 aliphatic rings. The molecule has 1 unspecified atom stereocenters. The summed E-state index contributed by atoms with van der Waals surface area (Å²) in [5.41, 5.74) is 4.98. The highest BCUT2D eigenvalue weighted by Gasteiger charge is 2.35. The van der Waals surface area contributed by atoms with E-state index in [9.17, 15) is 10.1 Å². The number of pyridine rings is 1. The van der Waals surface area contributed by atoms with Crippen molar-refractivity contribution in [3.05, 3.63) is 64.1 Å². The van der Waals surface area contributed by atoms with Crippen molar-refractivity contribution < 1.29 is 14.3 Å². The number of carbonyl (C=O) groups is 1. The number of esters is 1. The number of nitrogens with zero attached hydrogens (tertiary/aromatic N) is 6. The van der Waals surface area contributed by atoms with Crippen LogP contribution >= 0.6 is 0 Å². The van der Waals surface area contributed by atoms with E-state index in [-0.39, 0.29) is 17.6 Å². The number of aromatic nitrogens is 4. The van der Waals surface area contributed by atoms with Crippen molar-refractivity contribution in [1.82, 2.24) is 30.2 Å². The Hall–Kier alpha value is -3.81. The van der Waals surface area contributed by atoms with Crippen LogP contribution in [-0.2, 0) is 17.9 Å². The molecule has 1 aromatic carbocycles. The van der Waals surface area contributed by atoms with E-state index in [4.69, 9.17) is 9.47 Å². The maximum atomic E-state index is 11.9. The minimum atomic E-state index is -0.245. The fraction of sp³-hybridized carbons (Fsp3) is 0.400. The van der Waals surface area contributed by atoms with E-state index in [1.165, 1.54) is 23.7 Å². The van der Waals surface area contributed by atoms with Gasteiger partial charge in [-0.2, -0.15) is 15.5 Å². The second kappa shape index (κ2) is 8.76. The summed E-state index contributed by atoms with van der Waals surface area (Å²) in [6, 6.07) is 7.72. The number of fused-ring (bicyclic) bond motifs is 1. The standard InChI is InChI=1S/C25H27N7O3/c1-15-18(5-6-19-20(15)13-35-24(19)33)21-12-31(14-25(2,3)29-21)11-17-10-28-32(30-17)23-7-22(34-4)16(8-26)9-27-23/h5-7,9-10,21,29H,11-14H2,1-4H3. The summed E-state index contributed by atoms with van der Waals surface area (Å²) in [7, 11) is 1.51. The van der Waals surface area contributed by atoms with E-state index in [1.54, 1.807) is 12.3 Å². The second-order valence-corrected chi connectivity index (χ2v) is 9.61. The molecular formula is C25H27N7O3. The monoisotopic (exact) mass is 473 g/mol. The van der Waals surface area contributed by atoms with Gasteiger partial charge in [-0.3, -0.25) is 4.90 Å². The van der Waals surface area contributed by atoms with Gasteiger partial charge in [0.1, 0.15) is 24.0 Å². The number of hydrogen-bond acceptors (Lipinski definition) is 9. The van der Waals surface area contributed by atoms with Gasteiger partial charge in [-0.1, -0.05) is 6.07 Å². The number of benzene rings is 1. The number of nitriles is 1. The highest BCUT2D eigenvalue weighted by Crippen LogP contribution is 2.32. The molecule has 0 spiro atoms. The van der Waals surface area contributed by atoms with Crippen LogP contribution in [0.5, 0.6) is 5.75 Å². The number of carbonyl (C=O) groups excluding carboxylic acids is 1. The molecule has 0 saturated carbocycles. The van der Waals surface area contributed by atoms with Gasteiger partial charge in [-0.25, -0.2) is 9.78 Å². The molecule has 0 bridgehead atoms. The van der Waals surface area contributed by atoms with Crippen LogP contribution in [0.1, 0.15) is 58.2 Å². The highest BCUT2D eigenvalue weighted by molar-refractivity contribution is 5.94. The lowest BCUT2D eigenvalue weighted by atomic mass is 9.89. The van der Waals surface area contributed by atoms with E-state index in [0.717, 1.165) is 29.9 Å². The zero-order valence-corrected chi connectivity index (χ0v) is 20.2. The Morgan fingerprint density at radius 3 is 2.94 bits per heavy atom. The van der Waals surface area contributed by atoms with Crippen molar-refractivity contribution in [1.29, 1.82) is 5.26 Å². The van der Waals surface area contributed by atoms with Crippen LogP contribution in [0.25, 0.3) is 5.82 Å². The van der Waals surface area contributed by atoms with E-state index in [2.05, 4.69) is 52.2 Å². The lowest BCUT2D eigenvalue weighted by molar-refractivity contribution is 0.0535. The van der Waals surface area contributed by atoms with Crippen LogP contribution in [0.4, 0.5) is 0 Å². The Labute approximate surface area is 203 Å². The first-order valence-corrected chi connectivity index (χ1v) is 11.4. The van der Waals surface area contributed by atoms with Gasteiger partial charge in [-0.15, -0.1) is 4.80 Å². The summed E-state index contributed by atoms with van der Waals surface area (Å²) in [5, 5.41) is 21.9. The first-order chi connectivity index (χ1) is 16.8. The molecule has 1 atom stereocenters. The van der Waals surface area contributed by atoms with Gasteiger partial charge in [0, 0.05) is 42.8 Å². The predicted octanol–water partition coefficient (Wildman–Crippen LogP) is 2.45. The molecule has 0 aliphatic carbocycles.